The summed E-state index contributed by atoms with van der Waals surface area (Å²) in [6.07, 6.45) is 6.22. The number of para-hydroxylation sites is 1. The fourth-order valence-electron chi connectivity index (χ4n) is 3.14. The molecule has 0 saturated heterocycles. The minimum absolute atomic E-state index is 0.972. The van der Waals surface area contributed by atoms with E-state index in [0.717, 1.165) is 13.0 Å². The highest BCUT2D eigenvalue weighted by atomic mass is 14.9. The average molecular weight is 254 g/mol. The quantitative estimate of drug-likeness (QED) is 0.811. The van der Waals surface area contributed by atoms with Crippen molar-refractivity contribution in [2.75, 3.05) is 11.9 Å². The first-order chi connectivity index (χ1) is 9.31. The number of nitrogens with one attached hydrogen (secondary N) is 1. The molecule has 0 radical (unpaired) electrons. The lowest BCUT2D eigenvalue weighted by molar-refractivity contribution is 0.709. The number of hydrogen-bond donors (Lipinski definition) is 1. The molecule has 0 atom stereocenters. The predicted molar refractivity (Wildman–Crippen MR) is 81.9 cm³/mol. The number of anilines is 1. The van der Waals surface area contributed by atoms with E-state index in [4.69, 9.17) is 4.98 Å². The zero-order chi connectivity index (χ0) is 13.2. The van der Waals surface area contributed by atoms with Gasteiger partial charge in [-0.25, -0.2) is 0 Å². The summed E-state index contributed by atoms with van der Waals surface area (Å²) in [6, 6.07) is 6.51. The maximum absolute atomic E-state index is 4.98. The van der Waals surface area contributed by atoms with Gasteiger partial charge < -0.3 is 5.32 Å². The summed E-state index contributed by atoms with van der Waals surface area (Å²) in [7, 11) is 0. The molecule has 1 heterocycles. The molecule has 1 aliphatic rings. The second-order valence-electron chi connectivity index (χ2n) is 5.47. The minimum Gasteiger partial charge on any atom is -0.384 e. The summed E-state index contributed by atoms with van der Waals surface area (Å²) >= 11 is 0. The molecule has 1 aromatic heterocycles. The van der Waals surface area contributed by atoms with Crippen LogP contribution in [0.25, 0.3) is 10.9 Å². The number of nitrogens with zero attached hydrogens (tertiary/aromatic N) is 1. The molecule has 0 amide bonds. The monoisotopic (exact) mass is 254 g/mol. The first kappa shape index (κ1) is 12.5. The van der Waals surface area contributed by atoms with E-state index < -0.39 is 0 Å². The Morgan fingerprint density at radius 2 is 2.00 bits per heavy atom. The van der Waals surface area contributed by atoms with Crippen LogP contribution >= 0.6 is 0 Å². The van der Waals surface area contributed by atoms with E-state index in [2.05, 4.69) is 37.4 Å². The lowest BCUT2D eigenvalue weighted by atomic mass is 10.00. The molecule has 0 bridgehead atoms. The topological polar surface area (TPSA) is 24.9 Å². The van der Waals surface area contributed by atoms with Crippen molar-refractivity contribution in [3.8, 4) is 0 Å². The van der Waals surface area contributed by atoms with Crippen molar-refractivity contribution < 1.29 is 0 Å². The summed E-state index contributed by atoms with van der Waals surface area (Å²) < 4.78 is 0. The first-order valence-corrected chi connectivity index (χ1v) is 7.46. The highest BCUT2D eigenvalue weighted by Crippen LogP contribution is 2.33. The lowest BCUT2D eigenvalue weighted by Gasteiger charge is -2.17. The number of benzene rings is 1. The SMILES string of the molecule is CCNc1c2c(nc3c(C)cccc13)CCCCC2. The maximum Gasteiger partial charge on any atom is 0.0755 e. The largest absolute Gasteiger partial charge is 0.384 e. The van der Waals surface area contributed by atoms with Gasteiger partial charge in [-0.15, -0.1) is 0 Å². The third-order valence-corrected chi connectivity index (χ3v) is 4.10. The van der Waals surface area contributed by atoms with Crippen molar-refractivity contribution in [1.82, 2.24) is 4.98 Å². The number of fused-ring (bicyclic) bond motifs is 2. The van der Waals surface area contributed by atoms with E-state index in [1.807, 2.05) is 0 Å². The van der Waals surface area contributed by atoms with Gasteiger partial charge in [0.1, 0.15) is 0 Å². The van der Waals surface area contributed by atoms with Crippen molar-refractivity contribution in [3.63, 3.8) is 0 Å². The van der Waals surface area contributed by atoms with E-state index in [1.54, 1.807) is 0 Å². The maximum atomic E-state index is 4.98. The molecule has 0 fully saturated rings. The van der Waals surface area contributed by atoms with E-state index in [-0.39, 0.29) is 0 Å². The molecule has 2 aromatic rings. The zero-order valence-corrected chi connectivity index (χ0v) is 11.9. The van der Waals surface area contributed by atoms with Crippen LogP contribution in [0.5, 0.6) is 0 Å². The molecule has 0 saturated carbocycles. The highest BCUT2D eigenvalue weighted by molar-refractivity contribution is 5.95. The van der Waals surface area contributed by atoms with Gasteiger partial charge in [-0.1, -0.05) is 24.6 Å². The Bertz CT molecular complexity index is 602. The normalized spacial score (nSPS) is 15.1. The molecule has 0 unspecified atom stereocenters. The van der Waals surface area contributed by atoms with Gasteiger partial charge in [0.25, 0.3) is 0 Å². The van der Waals surface area contributed by atoms with Crippen LogP contribution in [0.3, 0.4) is 0 Å². The predicted octanol–water partition coefficient (Wildman–Crippen LogP) is 4.24. The van der Waals surface area contributed by atoms with Gasteiger partial charge in [0, 0.05) is 23.3 Å². The molecule has 3 rings (SSSR count). The Morgan fingerprint density at radius 1 is 1.16 bits per heavy atom. The average Bonchev–Trinajstić information content (AvgIpc) is 2.65. The van der Waals surface area contributed by atoms with Gasteiger partial charge in [0.15, 0.2) is 0 Å². The Kier molecular flexibility index (Phi) is 3.41. The van der Waals surface area contributed by atoms with Crippen molar-refractivity contribution in [2.24, 2.45) is 0 Å². The summed E-state index contributed by atoms with van der Waals surface area (Å²) in [4.78, 5) is 4.98. The van der Waals surface area contributed by atoms with Crippen molar-refractivity contribution in [1.29, 1.82) is 0 Å². The van der Waals surface area contributed by atoms with Gasteiger partial charge >= 0.3 is 0 Å². The van der Waals surface area contributed by atoms with Crippen LogP contribution in [0.15, 0.2) is 18.2 Å². The summed E-state index contributed by atoms with van der Waals surface area (Å²) in [5.74, 6) is 0. The lowest BCUT2D eigenvalue weighted by Crippen LogP contribution is -2.07. The van der Waals surface area contributed by atoms with E-state index in [9.17, 15) is 0 Å². The highest BCUT2D eigenvalue weighted by Gasteiger charge is 2.17. The van der Waals surface area contributed by atoms with E-state index in [1.165, 1.54) is 59.1 Å². The van der Waals surface area contributed by atoms with E-state index in [0.29, 0.717) is 0 Å². The van der Waals surface area contributed by atoms with Crippen LogP contribution in [0, 0.1) is 6.92 Å². The van der Waals surface area contributed by atoms with Crippen LogP contribution in [0.4, 0.5) is 5.69 Å². The number of rotatable bonds is 2. The van der Waals surface area contributed by atoms with Crippen LogP contribution in [-0.4, -0.2) is 11.5 Å². The van der Waals surface area contributed by atoms with Gasteiger partial charge in [0.2, 0.25) is 0 Å². The second-order valence-corrected chi connectivity index (χ2v) is 5.47. The fourth-order valence-corrected chi connectivity index (χ4v) is 3.14. The second kappa shape index (κ2) is 5.20. The van der Waals surface area contributed by atoms with Crippen LogP contribution < -0.4 is 5.32 Å². The Balaban J connectivity index is 2.30. The minimum atomic E-state index is 0.972. The summed E-state index contributed by atoms with van der Waals surface area (Å²) in [6.45, 7) is 5.30. The molecule has 2 heteroatoms. The summed E-state index contributed by atoms with van der Waals surface area (Å²) in [5.41, 5.74) is 6.60. The van der Waals surface area contributed by atoms with Crippen molar-refractivity contribution >= 4 is 16.6 Å². The first-order valence-electron chi connectivity index (χ1n) is 7.46. The number of aryl methyl sites for hydroxylation is 2. The summed E-state index contributed by atoms with van der Waals surface area (Å²) in [5, 5.41) is 4.89. The zero-order valence-electron chi connectivity index (χ0n) is 11.9. The number of hydrogen-bond acceptors (Lipinski definition) is 2. The van der Waals surface area contributed by atoms with Gasteiger partial charge in [-0.3, -0.25) is 4.98 Å². The molecule has 19 heavy (non-hydrogen) atoms. The molecular formula is C17H22N2. The Hall–Kier alpha value is -1.57. The number of aromatic nitrogens is 1. The molecule has 1 aliphatic carbocycles. The standard InChI is InChI=1S/C17H22N2/c1-3-18-17-13-9-5-4-6-11-15(13)19-16-12(2)8-7-10-14(16)17/h7-8,10H,3-6,9,11H2,1-2H3,(H,18,19). The van der Waals surface area contributed by atoms with Crippen molar-refractivity contribution in [2.45, 2.75) is 46.0 Å². The molecule has 0 spiro atoms. The molecule has 2 nitrogen and oxygen atoms in total. The van der Waals surface area contributed by atoms with Crippen LogP contribution in [0.1, 0.15) is 43.0 Å². The molecule has 100 valence electrons. The van der Waals surface area contributed by atoms with Crippen LogP contribution in [-0.2, 0) is 12.8 Å². The number of pyridine rings is 1. The fraction of sp³-hybridized carbons (Fsp3) is 0.471. The molecule has 1 N–H and O–H groups in total. The smallest absolute Gasteiger partial charge is 0.0755 e. The van der Waals surface area contributed by atoms with Crippen molar-refractivity contribution in [3.05, 3.63) is 35.0 Å². The van der Waals surface area contributed by atoms with E-state index >= 15 is 0 Å². The van der Waals surface area contributed by atoms with Gasteiger partial charge in [-0.2, -0.15) is 0 Å². The molecule has 0 aliphatic heterocycles. The third kappa shape index (κ3) is 2.20. The Labute approximate surface area is 115 Å². The third-order valence-electron chi connectivity index (χ3n) is 4.10. The molecule has 1 aromatic carbocycles. The molecular weight excluding hydrogens is 232 g/mol. The Morgan fingerprint density at radius 3 is 2.84 bits per heavy atom. The van der Waals surface area contributed by atoms with Gasteiger partial charge in [-0.05, 0) is 50.7 Å². The van der Waals surface area contributed by atoms with Crippen LogP contribution in [0.2, 0.25) is 0 Å². The van der Waals surface area contributed by atoms with Gasteiger partial charge in [0.05, 0.1) is 5.52 Å².